The number of ether oxygens (including phenoxy) is 1. The molecule has 0 bridgehead atoms. The van der Waals surface area contributed by atoms with Crippen molar-refractivity contribution < 1.29 is 14.3 Å². The first-order valence-corrected chi connectivity index (χ1v) is 6.64. The summed E-state index contributed by atoms with van der Waals surface area (Å²) in [5.41, 5.74) is 1.00. The number of rotatable bonds is 4. The summed E-state index contributed by atoms with van der Waals surface area (Å²) in [5.74, 6) is -0.429. The molecule has 1 aromatic rings. The highest BCUT2D eigenvalue weighted by Crippen LogP contribution is 2.14. The molecule has 0 radical (unpaired) electrons. The zero-order chi connectivity index (χ0) is 14.4. The summed E-state index contributed by atoms with van der Waals surface area (Å²) in [5, 5.41) is 2.79. The van der Waals surface area contributed by atoms with Crippen LogP contribution in [0.15, 0.2) is 36.9 Å². The average molecular weight is 274 g/mol. The van der Waals surface area contributed by atoms with Gasteiger partial charge >= 0.3 is 12.0 Å². The Kier molecular flexibility index (Phi) is 4.76. The van der Waals surface area contributed by atoms with Gasteiger partial charge in [0.05, 0.1) is 5.56 Å². The molecule has 1 heterocycles. The molecular formula is C15H18N2O3. The Bertz CT molecular complexity index is 508. The van der Waals surface area contributed by atoms with Crippen LogP contribution < -0.4 is 5.32 Å². The molecule has 5 nitrogen and oxygen atoms in total. The Balaban J connectivity index is 1.99. The van der Waals surface area contributed by atoms with Crippen LogP contribution in [0.1, 0.15) is 23.2 Å². The number of hydrogen-bond donors (Lipinski definition) is 1. The summed E-state index contributed by atoms with van der Waals surface area (Å²) in [7, 11) is 0. The lowest BCUT2D eigenvalue weighted by Gasteiger charge is -2.16. The van der Waals surface area contributed by atoms with Crippen LogP contribution in [-0.4, -0.2) is 36.6 Å². The molecule has 1 saturated heterocycles. The molecule has 0 aliphatic carbocycles. The Morgan fingerprint density at radius 1 is 1.35 bits per heavy atom. The Morgan fingerprint density at radius 2 is 2.10 bits per heavy atom. The molecule has 1 fully saturated rings. The largest absolute Gasteiger partial charge is 0.458 e. The van der Waals surface area contributed by atoms with Crippen molar-refractivity contribution in [2.45, 2.75) is 12.8 Å². The smallest absolute Gasteiger partial charge is 0.338 e. The molecule has 0 unspecified atom stereocenters. The predicted octanol–water partition coefficient (Wildman–Crippen LogP) is 2.66. The van der Waals surface area contributed by atoms with Crippen molar-refractivity contribution in [3.05, 3.63) is 42.5 Å². The fourth-order valence-corrected chi connectivity index (χ4v) is 2.06. The number of amides is 2. The van der Waals surface area contributed by atoms with Gasteiger partial charge in [0, 0.05) is 18.8 Å². The molecule has 106 valence electrons. The number of esters is 1. The van der Waals surface area contributed by atoms with E-state index in [0.717, 1.165) is 25.9 Å². The monoisotopic (exact) mass is 274 g/mol. The lowest BCUT2D eigenvalue weighted by atomic mass is 10.2. The van der Waals surface area contributed by atoms with Gasteiger partial charge in [-0.15, -0.1) is 0 Å². The van der Waals surface area contributed by atoms with Crippen LogP contribution in [0, 0.1) is 0 Å². The van der Waals surface area contributed by atoms with Crippen LogP contribution in [0.25, 0.3) is 0 Å². The molecular weight excluding hydrogens is 256 g/mol. The van der Waals surface area contributed by atoms with Crippen molar-refractivity contribution in [1.82, 2.24) is 4.90 Å². The van der Waals surface area contributed by atoms with Crippen LogP contribution in [0.4, 0.5) is 10.5 Å². The second-order valence-corrected chi connectivity index (χ2v) is 4.59. The molecule has 1 aliphatic heterocycles. The number of benzene rings is 1. The quantitative estimate of drug-likeness (QED) is 0.678. The number of carbonyl (C=O) groups excluding carboxylic acids is 2. The second-order valence-electron chi connectivity index (χ2n) is 4.59. The molecule has 1 aliphatic rings. The van der Waals surface area contributed by atoms with Crippen LogP contribution in [-0.2, 0) is 4.74 Å². The van der Waals surface area contributed by atoms with Crippen molar-refractivity contribution in [2.75, 3.05) is 25.0 Å². The maximum absolute atomic E-state index is 12.0. The Morgan fingerprint density at radius 3 is 2.80 bits per heavy atom. The molecule has 1 aromatic carbocycles. The van der Waals surface area contributed by atoms with E-state index in [1.54, 1.807) is 29.2 Å². The van der Waals surface area contributed by atoms with Crippen molar-refractivity contribution in [2.24, 2.45) is 0 Å². The minimum absolute atomic E-state index is 0.126. The zero-order valence-corrected chi connectivity index (χ0v) is 11.3. The van der Waals surface area contributed by atoms with E-state index >= 15 is 0 Å². The SMILES string of the molecule is C=CCOC(=O)c1cccc(NC(=O)N2CCCC2)c1. The number of nitrogens with one attached hydrogen (secondary N) is 1. The van der Waals surface area contributed by atoms with E-state index in [9.17, 15) is 9.59 Å². The Labute approximate surface area is 118 Å². The van der Waals surface area contributed by atoms with E-state index in [1.165, 1.54) is 6.08 Å². The molecule has 5 heteroatoms. The normalized spacial score (nSPS) is 13.9. The average Bonchev–Trinajstić information content (AvgIpc) is 2.99. The number of anilines is 1. The topological polar surface area (TPSA) is 58.6 Å². The highest BCUT2D eigenvalue weighted by atomic mass is 16.5. The van der Waals surface area contributed by atoms with Gasteiger partial charge in [-0.3, -0.25) is 0 Å². The molecule has 0 saturated carbocycles. The first-order valence-electron chi connectivity index (χ1n) is 6.64. The Hall–Kier alpha value is -2.30. The van der Waals surface area contributed by atoms with Gasteiger partial charge in [-0.2, -0.15) is 0 Å². The summed E-state index contributed by atoms with van der Waals surface area (Å²) in [6, 6.07) is 6.60. The van der Waals surface area contributed by atoms with Crippen molar-refractivity contribution in [3.63, 3.8) is 0 Å². The van der Waals surface area contributed by atoms with Gasteiger partial charge in [0.1, 0.15) is 6.61 Å². The standard InChI is InChI=1S/C15H18N2O3/c1-2-10-20-14(18)12-6-5-7-13(11-12)16-15(19)17-8-3-4-9-17/h2,5-7,11H,1,3-4,8-10H2,(H,16,19). The number of carbonyl (C=O) groups is 2. The van der Waals surface area contributed by atoms with E-state index in [0.29, 0.717) is 11.3 Å². The number of hydrogen-bond acceptors (Lipinski definition) is 3. The van der Waals surface area contributed by atoms with Gasteiger partial charge in [-0.05, 0) is 31.0 Å². The van der Waals surface area contributed by atoms with Gasteiger partial charge < -0.3 is 15.0 Å². The molecule has 0 spiro atoms. The van der Waals surface area contributed by atoms with E-state index in [2.05, 4.69) is 11.9 Å². The minimum Gasteiger partial charge on any atom is -0.458 e. The molecule has 2 amide bonds. The van der Waals surface area contributed by atoms with Gasteiger partial charge in [0.25, 0.3) is 0 Å². The van der Waals surface area contributed by atoms with Crippen molar-refractivity contribution in [3.8, 4) is 0 Å². The van der Waals surface area contributed by atoms with E-state index in [4.69, 9.17) is 4.74 Å². The van der Waals surface area contributed by atoms with Gasteiger partial charge in [-0.25, -0.2) is 9.59 Å². The fourth-order valence-electron chi connectivity index (χ4n) is 2.06. The van der Waals surface area contributed by atoms with Gasteiger partial charge in [0.2, 0.25) is 0 Å². The molecule has 20 heavy (non-hydrogen) atoms. The second kappa shape index (κ2) is 6.75. The number of nitrogens with zero attached hydrogens (tertiary/aromatic N) is 1. The van der Waals surface area contributed by atoms with E-state index in [1.807, 2.05) is 0 Å². The van der Waals surface area contributed by atoms with E-state index < -0.39 is 5.97 Å². The number of urea groups is 1. The first-order chi connectivity index (χ1) is 9.70. The fraction of sp³-hybridized carbons (Fsp3) is 0.333. The van der Waals surface area contributed by atoms with Crippen LogP contribution in [0.3, 0.4) is 0 Å². The van der Waals surface area contributed by atoms with Gasteiger partial charge in [0.15, 0.2) is 0 Å². The van der Waals surface area contributed by atoms with Crippen molar-refractivity contribution in [1.29, 1.82) is 0 Å². The summed E-state index contributed by atoms with van der Waals surface area (Å²) in [6.45, 7) is 5.23. The molecule has 2 rings (SSSR count). The maximum atomic E-state index is 12.0. The minimum atomic E-state index is -0.429. The summed E-state index contributed by atoms with van der Waals surface area (Å²) in [6.07, 6.45) is 3.60. The summed E-state index contributed by atoms with van der Waals surface area (Å²) in [4.78, 5) is 25.4. The highest BCUT2D eigenvalue weighted by molar-refractivity contribution is 5.94. The third-order valence-corrected chi connectivity index (χ3v) is 3.08. The third-order valence-electron chi connectivity index (χ3n) is 3.08. The van der Waals surface area contributed by atoms with Crippen LogP contribution in [0.5, 0.6) is 0 Å². The third kappa shape index (κ3) is 3.60. The molecule has 0 aromatic heterocycles. The number of likely N-dealkylation sites (tertiary alicyclic amines) is 1. The maximum Gasteiger partial charge on any atom is 0.338 e. The summed E-state index contributed by atoms with van der Waals surface area (Å²) >= 11 is 0. The zero-order valence-electron chi connectivity index (χ0n) is 11.3. The van der Waals surface area contributed by atoms with Crippen LogP contribution in [0.2, 0.25) is 0 Å². The van der Waals surface area contributed by atoms with E-state index in [-0.39, 0.29) is 12.6 Å². The molecule has 0 atom stereocenters. The lowest BCUT2D eigenvalue weighted by molar-refractivity contribution is 0.0549. The first kappa shape index (κ1) is 14.1. The summed E-state index contributed by atoms with van der Waals surface area (Å²) < 4.78 is 4.96. The van der Waals surface area contributed by atoms with Crippen molar-refractivity contribution >= 4 is 17.7 Å². The predicted molar refractivity (Wildman–Crippen MR) is 76.7 cm³/mol. The highest BCUT2D eigenvalue weighted by Gasteiger charge is 2.18. The lowest BCUT2D eigenvalue weighted by Crippen LogP contribution is -2.32. The molecule has 1 N–H and O–H groups in total. The van der Waals surface area contributed by atoms with Crippen LogP contribution >= 0.6 is 0 Å². The van der Waals surface area contributed by atoms with Gasteiger partial charge in [-0.1, -0.05) is 18.7 Å².